The van der Waals surface area contributed by atoms with Gasteiger partial charge in [0.2, 0.25) is 0 Å². The van der Waals surface area contributed by atoms with Crippen molar-refractivity contribution in [1.29, 1.82) is 0 Å². The number of hydrogen-bond donors (Lipinski definition) is 3. The van der Waals surface area contributed by atoms with E-state index in [9.17, 15) is 15.0 Å². The highest BCUT2D eigenvalue weighted by molar-refractivity contribution is 5.75. The lowest BCUT2D eigenvalue weighted by Gasteiger charge is -2.31. The summed E-state index contributed by atoms with van der Waals surface area (Å²) in [5, 5.41) is 28.1. The number of carboxylic acid groups (broad SMARTS) is 1. The molecule has 0 aromatic heterocycles. The highest BCUT2D eigenvalue weighted by Crippen LogP contribution is 2.31. The van der Waals surface area contributed by atoms with Gasteiger partial charge >= 0.3 is 5.97 Å². The Balaban J connectivity index is 2.97. The summed E-state index contributed by atoms with van der Waals surface area (Å²) in [6, 6.07) is 0. The van der Waals surface area contributed by atoms with Crippen molar-refractivity contribution >= 4 is 5.97 Å². The maximum atomic E-state index is 10.8. The fourth-order valence-electron chi connectivity index (χ4n) is 1.68. The summed E-state index contributed by atoms with van der Waals surface area (Å²) < 4.78 is 0. The Morgan fingerprint density at radius 2 is 2.29 bits per heavy atom. The number of rotatable bonds is 3. The fourth-order valence-corrected chi connectivity index (χ4v) is 1.68. The van der Waals surface area contributed by atoms with E-state index in [0.29, 0.717) is 12.8 Å². The van der Waals surface area contributed by atoms with Crippen LogP contribution in [-0.4, -0.2) is 26.9 Å². The van der Waals surface area contributed by atoms with Crippen LogP contribution in [0.4, 0.5) is 0 Å². The fraction of sp³-hybridized carbons (Fsp3) is 0.500. The molecule has 1 aliphatic rings. The Hall–Kier alpha value is -1.29. The van der Waals surface area contributed by atoms with Crippen molar-refractivity contribution in [3.63, 3.8) is 0 Å². The predicted octanol–water partition coefficient (Wildman–Crippen LogP) is 1.23. The van der Waals surface area contributed by atoms with Crippen LogP contribution in [-0.2, 0) is 4.79 Å². The highest BCUT2D eigenvalue weighted by Gasteiger charge is 2.39. The first kappa shape index (κ1) is 10.8. The minimum atomic E-state index is -1.46. The van der Waals surface area contributed by atoms with E-state index in [2.05, 4.69) is 0 Å². The summed E-state index contributed by atoms with van der Waals surface area (Å²) in [4.78, 5) is 10.8. The zero-order valence-electron chi connectivity index (χ0n) is 7.97. The van der Waals surface area contributed by atoms with Crippen LogP contribution in [0.3, 0.4) is 0 Å². The highest BCUT2D eigenvalue weighted by atomic mass is 16.4. The van der Waals surface area contributed by atoms with Crippen molar-refractivity contribution in [1.82, 2.24) is 0 Å². The summed E-state index contributed by atoms with van der Waals surface area (Å²) in [6.45, 7) is 1.85. The first-order valence-corrected chi connectivity index (χ1v) is 4.55. The molecular weight excluding hydrogens is 184 g/mol. The number of aliphatic hydroxyl groups excluding tert-OH is 1. The normalized spacial score (nSPS) is 31.3. The number of hydrogen-bond acceptors (Lipinski definition) is 3. The van der Waals surface area contributed by atoms with Gasteiger partial charge in [-0.3, -0.25) is 4.79 Å². The molecule has 2 atom stereocenters. The Labute approximate surface area is 82.2 Å². The van der Waals surface area contributed by atoms with Crippen molar-refractivity contribution in [2.75, 3.05) is 0 Å². The zero-order valence-corrected chi connectivity index (χ0v) is 7.97. The first-order chi connectivity index (χ1) is 6.49. The van der Waals surface area contributed by atoms with Crippen LogP contribution in [0.2, 0.25) is 0 Å². The van der Waals surface area contributed by atoms with Gasteiger partial charge in [0.25, 0.3) is 0 Å². The van der Waals surface area contributed by atoms with Crippen LogP contribution in [0.1, 0.15) is 19.8 Å². The van der Waals surface area contributed by atoms with Crippen LogP contribution in [0, 0.1) is 5.92 Å². The van der Waals surface area contributed by atoms with Crippen LogP contribution >= 0.6 is 0 Å². The van der Waals surface area contributed by atoms with Gasteiger partial charge in [0.05, 0.1) is 0 Å². The van der Waals surface area contributed by atoms with Gasteiger partial charge < -0.3 is 15.3 Å². The predicted molar refractivity (Wildman–Crippen MR) is 50.8 cm³/mol. The van der Waals surface area contributed by atoms with Gasteiger partial charge in [-0.05, 0) is 18.6 Å². The second kappa shape index (κ2) is 3.84. The van der Waals surface area contributed by atoms with E-state index in [1.165, 1.54) is 18.2 Å². The molecular formula is C10H14O4. The average Bonchev–Trinajstić information content (AvgIpc) is 2.02. The molecule has 0 fully saturated rings. The third-order valence-electron chi connectivity index (χ3n) is 2.31. The van der Waals surface area contributed by atoms with E-state index in [-0.39, 0.29) is 5.76 Å². The Morgan fingerprint density at radius 3 is 2.79 bits per heavy atom. The molecule has 3 N–H and O–H groups in total. The second-order valence-electron chi connectivity index (χ2n) is 3.49. The van der Waals surface area contributed by atoms with Gasteiger partial charge in [-0.1, -0.05) is 19.4 Å². The molecule has 2 unspecified atom stereocenters. The molecule has 0 saturated heterocycles. The number of aliphatic carboxylic acids is 1. The molecule has 0 saturated carbocycles. The van der Waals surface area contributed by atoms with Crippen LogP contribution < -0.4 is 0 Å². The monoisotopic (exact) mass is 198 g/mol. The lowest BCUT2D eigenvalue weighted by atomic mass is 9.80. The molecule has 4 nitrogen and oxygen atoms in total. The minimum Gasteiger partial charge on any atom is -0.508 e. The van der Waals surface area contributed by atoms with Gasteiger partial charge in [-0.15, -0.1) is 0 Å². The van der Waals surface area contributed by atoms with Gasteiger partial charge in [0.15, 0.2) is 0 Å². The van der Waals surface area contributed by atoms with E-state index in [0.717, 1.165) is 0 Å². The molecule has 0 aromatic rings. The molecule has 0 aromatic carbocycles. The van der Waals surface area contributed by atoms with Gasteiger partial charge in [-0.2, -0.15) is 0 Å². The standard InChI is InChI=1S/C10H14O4/c1-2-5-10(14)6-7(11)3-4-8(10)9(12)13/h3-4,6,8,11,14H,2,5H2,1H3,(H,12,13). The number of carboxylic acids is 1. The summed E-state index contributed by atoms with van der Waals surface area (Å²) in [6.07, 6.45) is 4.78. The smallest absolute Gasteiger partial charge is 0.313 e. The molecule has 78 valence electrons. The molecule has 0 heterocycles. The van der Waals surface area contributed by atoms with E-state index < -0.39 is 17.5 Å². The van der Waals surface area contributed by atoms with Crippen molar-refractivity contribution in [2.24, 2.45) is 5.92 Å². The third-order valence-corrected chi connectivity index (χ3v) is 2.31. The van der Waals surface area contributed by atoms with Gasteiger partial charge in [-0.25, -0.2) is 0 Å². The lowest BCUT2D eigenvalue weighted by Crippen LogP contribution is -2.41. The molecule has 1 aliphatic carbocycles. The molecule has 0 spiro atoms. The summed E-state index contributed by atoms with van der Waals surface area (Å²) in [7, 11) is 0. The largest absolute Gasteiger partial charge is 0.508 e. The first-order valence-electron chi connectivity index (χ1n) is 4.55. The van der Waals surface area contributed by atoms with E-state index >= 15 is 0 Å². The maximum absolute atomic E-state index is 10.8. The van der Waals surface area contributed by atoms with Crippen LogP contribution in [0.25, 0.3) is 0 Å². The summed E-state index contributed by atoms with van der Waals surface area (Å²) >= 11 is 0. The Morgan fingerprint density at radius 1 is 1.64 bits per heavy atom. The molecule has 0 amide bonds. The molecule has 0 bridgehead atoms. The number of allylic oxidation sites excluding steroid dienone is 1. The molecule has 14 heavy (non-hydrogen) atoms. The average molecular weight is 198 g/mol. The second-order valence-corrected chi connectivity index (χ2v) is 3.49. The van der Waals surface area contributed by atoms with E-state index in [1.807, 2.05) is 6.92 Å². The Kier molecular flexibility index (Phi) is 2.96. The molecule has 4 heteroatoms. The molecule has 0 radical (unpaired) electrons. The van der Waals surface area contributed by atoms with E-state index in [1.54, 1.807) is 0 Å². The number of aliphatic hydroxyl groups is 2. The van der Waals surface area contributed by atoms with Crippen molar-refractivity contribution in [3.8, 4) is 0 Å². The Bertz CT molecular complexity index is 292. The van der Waals surface area contributed by atoms with Crippen molar-refractivity contribution in [3.05, 3.63) is 24.0 Å². The zero-order chi connectivity index (χ0) is 10.8. The molecule has 0 aliphatic heterocycles. The summed E-state index contributed by atoms with van der Waals surface area (Å²) in [5.41, 5.74) is -1.46. The lowest BCUT2D eigenvalue weighted by molar-refractivity contribution is -0.146. The van der Waals surface area contributed by atoms with Crippen molar-refractivity contribution < 1.29 is 20.1 Å². The third kappa shape index (κ3) is 1.96. The summed E-state index contributed by atoms with van der Waals surface area (Å²) in [5.74, 6) is -2.14. The molecule has 1 rings (SSSR count). The SMILES string of the molecule is CCCC1(O)C=C(O)C=CC1C(=O)O. The van der Waals surface area contributed by atoms with Gasteiger partial charge in [0, 0.05) is 0 Å². The van der Waals surface area contributed by atoms with Crippen LogP contribution in [0.15, 0.2) is 24.0 Å². The van der Waals surface area contributed by atoms with Crippen molar-refractivity contribution in [2.45, 2.75) is 25.4 Å². The maximum Gasteiger partial charge on any atom is 0.313 e. The van der Waals surface area contributed by atoms with Gasteiger partial charge in [0.1, 0.15) is 17.3 Å². The minimum absolute atomic E-state index is 0.0848. The van der Waals surface area contributed by atoms with E-state index in [4.69, 9.17) is 5.11 Å². The van der Waals surface area contributed by atoms with Crippen LogP contribution in [0.5, 0.6) is 0 Å². The topological polar surface area (TPSA) is 77.8 Å². The quantitative estimate of drug-likeness (QED) is 0.637. The number of carbonyl (C=O) groups is 1.